The number of carbonyl (C=O) groups is 2. The first-order valence-corrected chi connectivity index (χ1v) is 17.9. The maximum atomic E-state index is 12.7. The highest BCUT2D eigenvalue weighted by Crippen LogP contribution is 2.20. The molecular formula is C41H39N6O5S+. The zero-order valence-electron chi connectivity index (χ0n) is 29.4. The highest BCUT2D eigenvalue weighted by atomic mass is 32.2. The van der Waals surface area contributed by atoms with Gasteiger partial charge in [0.1, 0.15) is 24.2 Å². The van der Waals surface area contributed by atoms with Crippen molar-refractivity contribution in [2.45, 2.75) is 11.8 Å². The first kappa shape index (κ1) is 37.6. The molecule has 0 aliphatic rings. The van der Waals surface area contributed by atoms with Crippen LogP contribution < -0.4 is 30.4 Å². The molecule has 2 aromatic heterocycles. The Hall–Kier alpha value is -6.63. The van der Waals surface area contributed by atoms with Crippen LogP contribution in [-0.2, 0) is 29.0 Å². The predicted octanol–water partition coefficient (Wildman–Crippen LogP) is 6.63. The zero-order chi connectivity index (χ0) is 37.8. The van der Waals surface area contributed by atoms with Gasteiger partial charge < -0.3 is 25.8 Å². The van der Waals surface area contributed by atoms with Crippen LogP contribution in [0.3, 0.4) is 0 Å². The van der Waals surface area contributed by atoms with Gasteiger partial charge >= 0.3 is 0 Å². The molecule has 268 valence electrons. The van der Waals surface area contributed by atoms with Gasteiger partial charge in [0.05, 0.1) is 16.3 Å². The number of anilines is 6. The Kier molecular flexibility index (Phi) is 12.4. The molecule has 4 N–H and O–H groups in total. The number of aromatic nitrogens is 2. The average Bonchev–Trinajstić information content (AvgIpc) is 3.14. The van der Waals surface area contributed by atoms with Crippen LogP contribution in [0.2, 0.25) is 0 Å². The van der Waals surface area contributed by atoms with Gasteiger partial charge in [-0.2, -0.15) is 0 Å². The van der Waals surface area contributed by atoms with E-state index in [1.54, 1.807) is 42.5 Å². The fourth-order valence-electron chi connectivity index (χ4n) is 4.79. The largest absolute Gasteiger partial charge is 0.744 e. The van der Waals surface area contributed by atoms with Crippen molar-refractivity contribution >= 4 is 62.1 Å². The van der Waals surface area contributed by atoms with Gasteiger partial charge in [-0.25, -0.2) is 17.6 Å². The number of nitrogens with one attached hydrogen (secondary N) is 4. The van der Waals surface area contributed by atoms with E-state index in [1.807, 2.05) is 128 Å². The molecule has 0 atom stereocenters. The predicted molar refractivity (Wildman–Crippen MR) is 206 cm³/mol. The quantitative estimate of drug-likeness (QED) is 0.0704. The third-order valence-corrected chi connectivity index (χ3v) is 8.59. The summed E-state index contributed by atoms with van der Waals surface area (Å²) in [5, 5.41) is 12.4. The monoisotopic (exact) mass is 727 g/mol. The molecule has 0 spiro atoms. The first-order valence-electron chi connectivity index (χ1n) is 16.5. The lowest BCUT2D eigenvalue weighted by atomic mass is 10.1. The SMILES string of the molecule is C[n+]1ccc(Nc2ccc(NC(=O)/C=C/c3ccc(C(=O)Nc4ccc(Nc5cc[n+](C)cc5)cc4)cc3)cc2)cc1.Cc1ccc(S(=O)(=O)[O-])cc1. The van der Waals surface area contributed by atoms with Crippen molar-refractivity contribution < 1.29 is 31.7 Å². The summed E-state index contributed by atoms with van der Waals surface area (Å²) in [6.07, 6.45) is 11.1. The van der Waals surface area contributed by atoms with Crippen LogP contribution in [0.4, 0.5) is 34.1 Å². The Morgan fingerprint density at radius 3 is 1.43 bits per heavy atom. The Bertz CT molecular complexity index is 2280. The molecule has 6 aromatic rings. The molecule has 0 aliphatic heterocycles. The van der Waals surface area contributed by atoms with Crippen molar-refractivity contribution in [3.05, 3.63) is 169 Å². The summed E-state index contributed by atoms with van der Waals surface area (Å²) in [6.45, 7) is 1.82. The summed E-state index contributed by atoms with van der Waals surface area (Å²) in [5.74, 6) is -0.453. The smallest absolute Gasteiger partial charge is 0.255 e. The topological polar surface area (TPSA) is 147 Å². The van der Waals surface area contributed by atoms with Gasteiger partial charge in [-0.15, -0.1) is 0 Å². The molecule has 2 heterocycles. The molecule has 0 fully saturated rings. The van der Waals surface area contributed by atoms with E-state index in [0.717, 1.165) is 33.9 Å². The molecule has 11 nitrogen and oxygen atoms in total. The number of hydrogen-bond donors (Lipinski definition) is 4. The average molecular weight is 728 g/mol. The summed E-state index contributed by atoms with van der Waals surface area (Å²) in [4.78, 5) is 25.0. The van der Waals surface area contributed by atoms with Crippen molar-refractivity contribution in [2.24, 2.45) is 14.1 Å². The van der Waals surface area contributed by atoms with Crippen LogP contribution in [0.1, 0.15) is 21.5 Å². The number of nitrogens with zero attached hydrogens (tertiary/aromatic N) is 2. The molecule has 12 heteroatoms. The van der Waals surface area contributed by atoms with Crippen molar-refractivity contribution in [1.82, 2.24) is 0 Å². The van der Waals surface area contributed by atoms with Crippen LogP contribution in [-0.4, -0.2) is 24.8 Å². The summed E-state index contributed by atoms with van der Waals surface area (Å²) >= 11 is 0. The number of aryl methyl sites for hydroxylation is 3. The summed E-state index contributed by atoms with van der Waals surface area (Å²) in [5.41, 5.74) is 7.46. The van der Waals surface area contributed by atoms with E-state index >= 15 is 0 Å². The van der Waals surface area contributed by atoms with Gasteiger partial charge in [-0.05, 0) is 91.4 Å². The van der Waals surface area contributed by atoms with E-state index < -0.39 is 10.1 Å². The zero-order valence-corrected chi connectivity index (χ0v) is 30.2. The Labute approximate surface area is 309 Å². The van der Waals surface area contributed by atoms with Crippen LogP contribution in [0.15, 0.2) is 157 Å². The van der Waals surface area contributed by atoms with Gasteiger partial charge in [0.25, 0.3) is 5.91 Å². The summed E-state index contributed by atoms with van der Waals surface area (Å²) < 4.78 is 35.1. The third kappa shape index (κ3) is 12.0. The summed E-state index contributed by atoms with van der Waals surface area (Å²) in [7, 11) is -0.331. The fraction of sp³-hybridized carbons (Fsp3) is 0.0732. The highest BCUT2D eigenvalue weighted by Gasteiger charge is 2.07. The lowest BCUT2D eigenvalue weighted by molar-refractivity contribution is -0.671. The Balaban J connectivity index is 0.000000422. The minimum Gasteiger partial charge on any atom is -0.744 e. The highest BCUT2D eigenvalue weighted by molar-refractivity contribution is 7.85. The maximum Gasteiger partial charge on any atom is 0.255 e. The van der Waals surface area contributed by atoms with E-state index in [1.165, 1.54) is 18.2 Å². The molecule has 2 amide bonds. The van der Waals surface area contributed by atoms with Crippen molar-refractivity contribution in [3.63, 3.8) is 0 Å². The van der Waals surface area contributed by atoms with Crippen LogP contribution >= 0.6 is 0 Å². The molecule has 0 saturated heterocycles. The lowest BCUT2D eigenvalue weighted by Crippen LogP contribution is -2.25. The van der Waals surface area contributed by atoms with Gasteiger partial charge in [-0.1, -0.05) is 29.8 Å². The fourth-order valence-corrected chi connectivity index (χ4v) is 5.25. The molecule has 0 unspecified atom stereocenters. The standard InChI is InChI=1S/C34H30N6O2.C7H8O3S/c1-39-21-17-31(18-22-39)35-27-8-12-29(13-9-27)37-33(41)16-5-25-3-6-26(7-4-25)34(42)38-30-14-10-28(11-15-30)36-32-19-23-40(2)24-20-32;1-6-2-4-7(5-3-6)11(8,9)10/h3-24H,1-2H3,(H2,37,38,41,42);2-5H,1H3,(H,8,9,10)/p+1/b16-5+;. The Morgan fingerprint density at radius 1 is 0.566 bits per heavy atom. The van der Waals surface area contributed by atoms with E-state index in [-0.39, 0.29) is 16.7 Å². The lowest BCUT2D eigenvalue weighted by Gasteiger charge is -2.09. The third-order valence-electron chi connectivity index (χ3n) is 7.74. The molecule has 0 saturated carbocycles. The van der Waals surface area contributed by atoms with Crippen molar-refractivity contribution in [1.29, 1.82) is 0 Å². The number of carbonyl (C=O) groups excluding carboxylic acids is 2. The van der Waals surface area contributed by atoms with Gasteiger partial charge in [-0.3, -0.25) is 9.59 Å². The van der Waals surface area contributed by atoms with Crippen molar-refractivity contribution in [3.8, 4) is 0 Å². The van der Waals surface area contributed by atoms with Crippen LogP contribution in [0.25, 0.3) is 6.08 Å². The molecule has 4 aromatic carbocycles. The van der Waals surface area contributed by atoms with Crippen LogP contribution in [0.5, 0.6) is 0 Å². The second kappa shape index (κ2) is 17.5. The number of rotatable bonds is 10. The van der Waals surface area contributed by atoms with E-state index in [4.69, 9.17) is 0 Å². The normalized spacial score (nSPS) is 10.9. The molecule has 53 heavy (non-hydrogen) atoms. The second-order valence-electron chi connectivity index (χ2n) is 12.1. The second-order valence-corrected chi connectivity index (χ2v) is 13.5. The van der Waals surface area contributed by atoms with Gasteiger partial charge in [0, 0.05) is 58.7 Å². The van der Waals surface area contributed by atoms with Gasteiger partial charge in [0.2, 0.25) is 5.91 Å². The number of benzene rings is 4. The molecule has 0 radical (unpaired) electrons. The van der Waals surface area contributed by atoms with E-state index in [0.29, 0.717) is 16.9 Å². The van der Waals surface area contributed by atoms with Crippen LogP contribution in [0, 0.1) is 6.92 Å². The molecular weight excluding hydrogens is 689 g/mol. The number of amides is 2. The molecule has 0 bridgehead atoms. The minimum absolute atomic E-state index is 0.178. The number of pyridine rings is 2. The number of hydrogen-bond acceptors (Lipinski definition) is 7. The van der Waals surface area contributed by atoms with E-state index in [9.17, 15) is 22.6 Å². The Morgan fingerprint density at radius 2 is 0.981 bits per heavy atom. The van der Waals surface area contributed by atoms with E-state index in [2.05, 4.69) is 21.3 Å². The minimum atomic E-state index is -4.27. The first-order chi connectivity index (χ1) is 25.4. The van der Waals surface area contributed by atoms with Gasteiger partial charge in [0.15, 0.2) is 24.8 Å². The summed E-state index contributed by atoms with van der Waals surface area (Å²) in [6, 6.07) is 35.9. The van der Waals surface area contributed by atoms with Crippen molar-refractivity contribution in [2.75, 3.05) is 21.3 Å². The molecule has 0 aliphatic carbocycles. The molecule has 6 rings (SSSR count). The maximum absolute atomic E-state index is 12.7.